The highest BCUT2D eigenvalue weighted by atomic mass is 16.6. The normalized spacial score (nSPS) is 15.1. The standard InChI is InChI=1S/C24H22N2O6/c1-31-21-13-15-10-11-25(24(28)18-8-3-4-9-20(18)27)23(19(15)14-22(21)32-2)16-6-5-7-17(12-16)26(29)30/h3-9,12-14,23,27H,10-11H2,1-2H3. The molecule has 0 saturated carbocycles. The Morgan fingerprint density at radius 2 is 1.78 bits per heavy atom. The van der Waals surface area contributed by atoms with Crippen LogP contribution in [-0.4, -0.2) is 41.6 Å². The summed E-state index contributed by atoms with van der Waals surface area (Å²) in [6.45, 7) is 0.364. The molecule has 0 bridgehead atoms. The highest BCUT2D eigenvalue weighted by Crippen LogP contribution is 2.42. The molecule has 1 amide bonds. The average molecular weight is 434 g/mol. The number of carbonyl (C=O) groups excluding carboxylic acids is 1. The first-order valence-electron chi connectivity index (χ1n) is 10.0. The number of nitro benzene ring substituents is 1. The summed E-state index contributed by atoms with van der Waals surface area (Å²) in [4.78, 5) is 26.1. The van der Waals surface area contributed by atoms with Crippen molar-refractivity contribution in [2.24, 2.45) is 0 Å². The van der Waals surface area contributed by atoms with E-state index < -0.39 is 11.0 Å². The second-order valence-electron chi connectivity index (χ2n) is 7.43. The molecule has 3 aromatic rings. The fraction of sp³-hybridized carbons (Fsp3) is 0.208. The van der Waals surface area contributed by atoms with Gasteiger partial charge >= 0.3 is 0 Å². The van der Waals surface area contributed by atoms with Gasteiger partial charge in [0.15, 0.2) is 11.5 Å². The maximum absolute atomic E-state index is 13.5. The van der Waals surface area contributed by atoms with Crippen molar-refractivity contribution in [1.82, 2.24) is 4.90 Å². The number of non-ortho nitro benzene ring substituents is 1. The summed E-state index contributed by atoms with van der Waals surface area (Å²) in [5.74, 6) is 0.594. The Bertz CT molecular complexity index is 1190. The fourth-order valence-corrected chi connectivity index (χ4v) is 4.14. The summed E-state index contributed by atoms with van der Waals surface area (Å²) in [6, 6.07) is 15.7. The molecular weight excluding hydrogens is 412 g/mol. The van der Waals surface area contributed by atoms with Crippen molar-refractivity contribution in [3.8, 4) is 17.2 Å². The minimum absolute atomic E-state index is 0.0648. The molecule has 4 rings (SSSR count). The van der Waals surface area contributed by atoms with E-state index in [0.29, 0.717) is 30.0 Å². The zero-order chi connectivity index (χ0) is 22.8. The maximum atomic E-state index is 13.5. The second kappa shape index (κ2) is 8.58. The predicted octanol–water partition coefficient (Wildman–Crippen LogP) is 4.11. The fourth-order valence-electron chi connectivity index (χ4n) is 4.14. The van der Waals surface area contributed by atoms with E-state index in [-0.39, 0.29) is 22.9 Å². The number of phenols is 1. The lowest BCUT2D eigenvalue weighted by Gasteiger charge is -2.38. The van der Waals surface area contributed by atoms with Crippen LogP contribution in [0.3, 0.4) is 0 Å². The molecule has 164 valence electrons. The second-order valence-corrected chi connectivity index (χ2v) is 7.43. The van der Waals surface area contributed by atoms with E-state index in [4.69, 9.17) is 9.47 Å². The number of nitrogens with zero attached hydrogens (tertiary/aromatic N) is 2. The van der Waals surface area contributed by atoms with Crippen LogP contribution in [0.25, 0.3) is 0 Å². The Morgan fingerprint density at radius 1 is 1.06 bits per heavy atom. The van der Waals surface area contributed by atoms with Crippen molar-refractivity contribution in [1.29, 1.82) is 0 Å². The third kappa shape index (κ3) is 3.71. The van der Waals surface area contributed by atoms with E-state index in [9.17, 15) is 20.0 Å². The van der Waals surface area contributed by atoms with Crippen molar-refractivity contribution in [2.75, 3.05) is 20.8 Å². The number of hydrogen-bond donors (Lipinski definition) is 1. The van der Waals surface area contributed by atoms with Gasteiger partial charge in [0.25, 0.3) is 11.6 Å². The van der Waals surface area contributed by atoms with Crippen LogP contribution in [0.1, 0.15) is 33.1 Å². The van der Waals surface area contributed by atoms with E-state index in [1.54, 1.807) is 42.3 Å². The molecule has 8 nitrogen and oxygen atoms in total. The maximum Gasteiger partial charge on any atom is 0.269 e. The zero-order valence-electron chi connectivity index (χ0n) is 17.6. The van der Waals surface area contributed by atoms with Crippen LogP contribution in [0.4, 0.5) is 5.69 Å². The number of amides is 1. The number of fused-ring (bicyclic) bond motifs is 1. The van der Waals surface area contributed by atoms with E-state index in [1.807, 2.05) is 12.1 Å². The quantitative estimate of drug-likeness (QED) is 0.479. The van der Waals surface area contributed by atoms with Crippen LogP contribution in [0, 0.1) is 10.1 Å². The van der Waals surface area contributed by atoms with E-state index >= 15 is 0 Å². The number of methoxy groups -OCH3 is 2. The molecule has 0 aliphatic carbocycles. The first-order valence-corrected chi connectivity index (χ1v) is 10.0. The summed E-state index contributed by atoms with van der Waals surface area (Å²) in [7, 11) is 3.08. The summed E-state index contributed by atoms with van der Waals surface area (Å²) in [5, 5.41) is 21.7. The van der Waals surface area contributed by atoms with E-state index in [1.165, 1.54) is 25.3 Å². The monoisotopic (exact) mass is 434 g/mol. The number of rotatable bonds is 5. The summed E-state index contributed by atoms with van der Waals surface area (Å²) in [5.41, 5.74) is 2.45. The third-order valence-electron chi connectivity index (χ3n) is 5.67. The average Bonchev–Trinajstić information content (AvgIpc) is 2.82. The highest BCUT2D eigenvalue weighted by molar-refractivity contribution is 5.97. The number of benzene rings is 3. The van der Waals surface area contributed by atoms with Crippen molar-refractivity contribution in [3.05, 3.63) is 93.0 Å². The predicted molar refractivity (Wildman–Crippen MR) is 117 cm³/mol. The number of hydrogen-bond acceptors (Lipinski definition) is 6. The SMILES string of the molecule is COc1cc2c(cc1OC)C(c1cccc([N+](=O)[O-])c1)N(C(=O)c1ccccc1O)CC2. The minimum Gasteiger partial charge on any atom is -0.507 e. The van der Waals surface area contributed by atoms with Crippen molar-refractivity contribution >= 4 is 11.6 Å². The zero-order valence-corrected chi connectivity index (χ0v) is 17.6. The lowest BCUT2D eigenvalue weighted by molar-refractivity contribution is -0.384. The van der Waals surface area contributed by atoms with Gasteiger partial charge in [0, 0.05) is 18.7 Å². The first-order chi connectivity index (χ1) is 15.4. The number of nitro groups is 1. The Balaban J connectivity index is 1.90. The van der Waals surface area contributed by atoms with E-state index in [2.05, 4.69) is 0 Å². The highest BCUT2D eigenvalue weighted by Gasteiger charge is 2.35. The molecule has 0 saturated heterocycles. The van der Waals surface area contributed by atoms with Crippen molar-refractivity contribution in [3.63, 3.8) is 0 Å². The topological polar surface area (TPSA) is 102 Å². The summed E-state index contributed by atoms with van der Waals surface area (Å²) < 4.78 is 10.9. The molecule has 1 heterocycles. The van der Waals surface area contributed by atoms with Crippen LogP contribution >= 0.6 is 0 Å². The van der Waals surface area contributed by atoms with Gasteiger partial charge in [-0.25, -0.2) is 0 Å². The molecule has 1 N–H and O–H groups in total. The minimum atomic E-state index is -0.606. The van der Waals surface area contributed by atoms with Gasteiger partial charge in [-0.15, -0.1) is 0 Å². The Labute approximate surface area is 184 Å². The number of phenolic OH excluding ortho intramolecular Hbond substituents is 1. The van der Waals surface area contributed by atoms with Crippen LogP contribution in [-0.2, 0) is 6.42 Å². The third-order valence-corrected chi connectivity index (χ3v) is 5.67. The molecule has 1 atom stereocenters. The van der Waals surface area contributed by atoms with Gasteiger partial charge in [-0.05, 0) is 47.4 Å². The van der Waals surface area contributed by atoms with Crippen LogP contribution in [0.15, 0.2) is 60.7 Å². The smallest absolute Gasteiger partial charge is 0.269 e. The Hall–Kier alpha value is -4.07. The number of para-hydroxylation sites is 1. The van der Waals surface area contributed by atoms with Crippen LogP contribution in [0.5, 0.6) is 17.2 Å². The molecule has 1 aliphatic rings. The number of aromatic hydroxyl groups is 1. The molecule has 8 heteroatoms. The lowest BCUT2D eigenvalue weighted by Crippen LogP contribution is -2.40. The Kier molecular flexibility index (Phi) is 5.68. The van der Waals surface area contributed by atoms with Crippen molar-refractivity contribution in [2.45, 2.75) is 12.5 Å². The molecule has 1 aliphatic heterocycles. The van der Waals surface area contributed by atoms with Crippen LogP contribution in [0.2, 0.25) is 0 Å². The van der Waals surface area contributed by atoms with Gasteiger partial charge in [-0.1, -0.05) is 24.3 Å². The van der Waals surface area contributed by atoms with Gasteiger partial charge < -0.3 is 19.5 Å². The molecule has 32 heavy (non-hydrogen) atoms. The van der Waals surface area contributed by atoms with Gasteiger partial charge in [0.2, 0.25) is 0 Å². The van der Waals surface area contributed by atoms with Gasteiger partial charge in [0.05, 0.1) is 30.7 Å². The molecule has 0 fully saturated rings. The molecule has 0 aromatic heterocycles. The molecule has 0 spiro atoms. The Morgan fingerprint density at radius 3 is 2.47 bits per heavy atom. The van der Waals surface area contributed by atoms with Crippen LogP contribution < -0.4 is 9.47 Å². The molecule has 0 radical (unpaired) electrons. The van der Waals surface area contributed by atoms with Crippen molar-refractivity contribution < 1.29 is 24.3 Å². The summed E-state index contributed by atoms with van der Waals surface area (Å²) >= 11 is 0. The number of carbonyl (C=O) groups is 1. The lowest BCUT2D eigenvalue weighted by atomic mass is 9.87. The number of ether oxygens (including phenoxy) is 2. The summed E-state index contributed by atoms with van der Waals surface area (Å²) in [6.07, 6.45) is 0.556. The van der Waals surface area contributed by atoms with Gasteiger partial charge in [-0.3, -0.25) is 14.9 Å². The molecule has 1 unspecified atom stereocenters. The van der Waals surface area contributed by atoms with E-state index in [0.717, 1.165) is 11.1 Å². The molecule has 3 aromatic carbocycles. The first kappa shape index (κ1) is 21.2. The largest absolute Gasteiger partial charge is 0.507 e. The van der Waals surface area contributed by atoms with Gasteiger partial charge in [0.1, 0.15) is 5.75 Å². The van der Waals surface area contributed by atoms with Gasteiger partial charge in [-0.2, -0.15) is 0 Å². The molecular formula is C24H22N2O6.